The molecule has 2 heterocycles. The van der Waals surface area contributed by atoms with E-state index in [0.29, 0.717) is 28.2 Å². The summed E-state index contributed by atoms with van der Waals surface area (Å²) < 4.78 is 15.9. The highest BCUT2D eigenvalue weighted by Crippen LogP contribution is 2.24. The number of nitrogens with zero attached hydrogens (tertiary/aromatic N) is 4. The molecular weight excluding hydrogens is 439 g/mol. The number of rotatable bonds is 8. The van der Waals surface area contributed by atoms with Gasteiger partial charge in [-0.2, -0.15) is 0 Å². The van der Waals surface area contributed by atoms with Gasteiger partial charge in [0.2, 0.25) is 5.91 Å². The van der Waals surface area contributed by atoms with Gasteiger partial charge in [-0.1, -0.05) is 43.0 Å². The Bertz CT molecular complexity index is 1170. The summed E-state index contributed by atoms with van der Waals surface area (Å²) in [4.78, 5) is 34.7. The Morgan fingerprint density at radius 3 is 2.52 bits per heavy atom. The average Bonchev–Trinajstić information content (AvgIpc) is 2.85. The molecule has 4 rings (SSSR count). The van der Waals surface area contributed by atoms with Crippen LogP contribution in [0.1, 0.15) is 26.2 Å². The number of benzene rings is 2. The minimum absolute atomic E-state index is 0.199. The zero-order valence-corrected chi connectivity index (χ0v) is 19.7. The van der Waals surface area contributed by atoms with Crippen molar-refractivity contribution in [1.29, 1.82) is 0 Å². The number of hydrogen-bond acceptors (Lipinski definition) is 5. The molecule has 1 fully saturated rings. The van der Waals surface area contributed by atoms with Crippen molar-refractivity contribution in [3.8, 4) is 5.69 Å². The van der Waals surface area contributed by atoms with Crippen molar-refractivity contribution in [2.45, 2.75) is 31.3 Å². The normalized spacial score (nSPS) is 14.7. The highest BCUT2D eigenvalue weighted by atomic mass is 32.2. The van der Waals surface area contributed by atoms with Gasteiger partial charge in [-0.05, 0) is 43.7 Å². The monoisotopic (exact) mass is 468 g/mol. The molecule has 0 atom stereocenters. The van der Waals surface area contributed by atoms with E-state index in [0.717, 1.165) is 45.6 Å². The molecule has 1 aliphatic heterocycles. The standard InChI is InChI=1S/C25H29FN4O2S/c1-2-28-14-16-29(17-15-28)23(31)13-7-8-18-33-25-27-21-11-5-3-9-19(21)24(32)30(25)22-12-6-4-10-20(22)26/h3-6,9-12H,2,7-8,13-18H2,1H3. The van der Waals surface area contributed by atoms with E-state index in [4.69, 9.17) is 0 Å². The van der Waals surface area contributed by atoms with Crippen LogP contribution in [-0.2, 0) is 4.79 Å². The third-order valence-corrected chi connectivity index (χ3v) is 7.05. The van der Waals surface area contributed by atoms with Gasteiger partial charge in [0, 0.05) is 38.4 Å². The van der Waals surface area contributed by atoms with Gasteiger partial charge < -0.3 is 9.80 Å². The van der Waals surface area contributed by atoms with Gasteiger partial charge >= 0.3 is 0 Å². The Balaban J connectivity index is 1.41. The number of thioether (sulfide) groups is 1. The lowest BCUT2D eigenvalue weighted by atomic mass is 10.2. The van der Waals surface area contributed by atoms with Crippen LogP contribution in [0.25, 0.3) is 16.6 Å². The van der Waals surface area contributed by atoms with Crippen LogP contribution in [0.15, 0.2) is 58.5 Å². The van der Waals surface area contributed by atoms with Gasteiger partial charge in [-0.25, -0.2) is 9.37 Å². The average molecular weight is 469 g/mol. The Morgan fingerprint density at radius 2 is 1.76 bits per heavy atom. The summed E-state index contributed by atoms with van der Waals surface area (Å²) in [5, 5.41) is 0.921. The number of piperazine rings is 1. The third-order valence-electron chi connectivity index (χ3n) is 6.03. The van der Waals surface area contributed by atoms with E-state index >= 15 is 0 Å². The Labute approximate surface area is 197 Å². The van der Waals surface area contributed by atoms with E-state index in [-0.39, 0.29) is 17.2 Å². The molecule has 2 aromatic carbocycles. The zero-order valence-electron chi connectivity index (χ0n) is 18.9. The maximum absolute atomic E-state index is 14.5. The quantitative estimate of drug-likeness (QED) is 0.285. The van der Waals surface area contributed by atoms with Crippen LogP contribution in [0.4, 0.5) is 4.39 Å². The van der Waals surface area contributed by atoms with Crippen molar-refractivity contribution in [3.05, 3.63) is 64.7 Å². The molecule has 0 spiro atoms. The van der Waals surface area contributed by atoms with E-state index in [2.05, 4.69) is 16.8 Å². The second-order valence-electron chi connectivity index (χ2n) is 8.12. The predicted octanol–water partition coefficient (Wildman–Crippen LogP) is 3.95. The molecule has 8 heteroatoms. The number of hydrogen-bond donors (Lipinski definition) is 0. The first-order valence-corrected chi connectivity index (χ1v) is 12.5. The van der Waals surface area contributed by atoms with Gasteiger partial charge in [-0.15, -0.1) is 0 Å². The molecule has 1 aliphatic rings. The van der Waals surface area contributed by atoms with Crippen molar-refractivity contribution in [1.82, 2.24) is 19.4 Å². The summed E-state index contributed by atoms with van der Waals surface area (Å²) in [7, 11) is 0. The minimum Gasteiger partial charge on any atom is -0.340 e. The van der Waals surface area contributed by atoms with Gasteiger partial charge in [0.15, 0.2) is 5.16 Å². The smallest absolute Gasteiger partial charge is 0.266 e. The maximum atomic E-state index is 14.5. The summed E-state index contributed by atoms with van der Waals surface area (Å²) in [5.41, 5.74) is 0.512. The fraction of sp³-hybridized carbons (Fsp3) is 0.400. The SMILES string of the molecule is CCN1CCN(C(=O)CCCCSc2nc3ccccc3c(=O)n2-c2ccccc2F)CC1. The topological polar surface area (TPSA) is 58.4 Å². The van der Waals surface area contributed by atoms with Crippen molar-refractivity contribution < 1.29 is 9.18 Å². The Morgan fingerprint density at radius 1 is 1.03 bits per heavy atom. The second kappa shape index (κ2) is 10.9. The lowest BCUT2D eigenvalue weighted by Crippen LogP contribution is -2.48. The molecule has 0 bridgehead atoms. The molecule has 1 aromatic heterocycles. The first kappa shape index (κ1) is 23.4. The molecule has 0 saturated carbocycles. The van der Waals surface area contributed by atoms with Gasteiger partial charge in [0.1, 0.15) is 5.82 Å². The van der Waals surface area contributed by atoms with Crippen LogP contribution >= 0.6 is 11.8 Å². The first-order valence-electron chi connectivity index (χ1n) is 11.5. The second-order valence-corrected chi connectivity index (χ2v) is 9.19. The number of amides is 1. The van der Waals surface area contributed by atoms with E-state index in [9.17, 15) is 14.0 Å². The first-order chi connectivity index (χ1) is 16.1. The van der Waals surface area contributed by atoms with Crippen LogP contribution in [-0.4, -0.2) is 63.7 Å². The predicted molar refractivity (Wildman–Crippen MR) is 131 cm³/mol. The van der Waals surface area contributed by atoms with Crippen LogP contribution < -0.4 is 5.56 Å². The van der Waals surface area contributed by atoms with E-state index in [1.54, 1.807) is 36.4 Å². The summed E-state index contributed by atoms with van der Waals surface area (Å²) >= 11 is 1.42. The highest BCUT2D eigenvalue weighted by molar-refractivity contribution is 7.99. The molecule has 0 unspecified atom stereocenters. The number of carbonyl (C=O) groups is 1. The number of likely N-dealkylation sites (N-methyl/N-ethyl adjacent to an activating group) is 1. The molecular formula is C25H29FN4O2S. The minimum atomic E-state index is -0.465. The molecule has 3 aromatic rings. The molecule has 0 radical (unpaired) electrons. The number of carbonyl (C=O) groups excluding carboxylic acids is 1. The largest absolute Gasteiger partial charge is 0.340 e. The van der Waals surface area contributed by atoms with Gasteiger partial charge in [0.25, 0.3) is 5.56 Å². The number of halogens is 1. The van der Waals surface area contributed by atoms with E-state index < -0.39 is 5.82 Å². The Kier molecular flexibility index (Phi) is 7.77. The van der Waals surface area contributed by atoms with Crippen LogP contribution in [0.5, 0.6) is 0 Å². The van der Waals surface area contributed by atoms with Crippen molar-refractivity contribution in [3.63, 3.8) is 0 Å². The number of aromatic nitrogens is 2. The molecule has 1 amide bonds. The van der Waals surface area contributed by atoms with Crippen molar-refractivity contribution >= 4 is 28.6 Å². The van der Waals surface area contributed by atoms with Crippen LogP contribution in [0.2, 0.25) is 0 Å². The van der Waals surface area contributed by atoms with Crippen molar-refractivity contribution in [2.24, 2.45) is 0 Å². The lowest BCUT2D eigenvalue weighted by Gasteiger charge is -2.34. The zero-order chi connectivity index (χ0) is 23.2. The summed E-state index contributed by atoms with van der Waals surface area (Å²) in [6, 6.07) is 13.4. The molecule has 33 heavy (non-hydrogen) atoms. The maximum Gasteiger partial charge on any atom is 0.266 e. The fourth-order valence-electron chi connectivity index (χ4n) is 4.07. The number of unbranched alkanes of at least 4 members (excludes halogenated alkanes) is 1. The van der Waals surface area contributed by atoms with Crippen LogP contribution in [0, 0.1) is 5.82 Å². The Hall–Kier alpha value is -2.71. The van der Waals surface area contributed by atoms with Gasteiger partial charge in [-0.3, -0.25) is 14.2 Å². The van der Waals surface area contributed by atoms with Crippen molar-refractivity contribution in [2.75, 3.05) is 38.5 Å². The molecule has 174 valence electrons. The van der Waals surface area contributed by atoms with Gasteiger partial charge in [0.05, 0.1) is 16.6 Å². The summed E-state index contributed by atoms with van der Waals surface area (Å²) in [6.45, 7) is 6.67. The molecule has 6 nitrogen and oxygen atoms in total. The lowest BCUT2D eigenvalue weighted by molar-refractivity contribution is -0.133. The molecule has 0 aliphatic carbocycles. The van der Waals surface area contributed by atoms with Crippen LogP contribution in [0.3, 0.4) is 0 Å². The summed E-state index contributed by atoms with van der Waals surface area (Å²) in [6.07, 6.45) is 2.11. The molecule has 0 N–H and O–H groups in total. The fourth-order valence-corrected chi connectivity index (χ4v) is 5.07. The number of para-hydroxylation sites is 2. The highest BCUT2D eigenvalue weighted by Gasteiger charge is 2.20. The molecule has 1 saturated heterocycles. The van der Waals surface area contributed by atoms with E-state index in [1.165, 1.54) is 22.4 Å². The summed E-state index contributed by atoms with van der Waals surface area (Å²) in [5.74, 6) is 0.436. The van der Waals surface area contributed by atoms with E-state index in [1.807, 2.05) is 11.0 Å². The number of fused-ring (bicyclic) bond motifs is 1. The third kappa shape index (κ3) is 5.45.